The van der Waals surface area contributed by atoms with Gasteiger partial charge in [-0.1, -0.05) is 41.9 Å². The number of aryl methyl sites for hydroxylation is 1. The Labute approximate surface area is 163 Å². The van der Waals surface area contributed by atoms with E-state index in [2.05, 4.69) is 15.5 Å². The number of para-hydroxylation sites is 1. The molecule has 1 amide bonds. The zero-order chi connectivity index (χ0) is 20.3. The minimum atomic E-state index is -0.844. The Kier molecular flexibility index (Phi) is 5.42. The van der Waals surface area contributed by atoms with Gasteiger partial charge in [0.2, 0.25) is 5.88 Å². The van der Waals surface area contributed by atoms with Crippen molar-refractivity contribution in [3.05, 3.63) is 91.1 Å². The topological polar surface area (TPSA) is 117 Å². The molecule has 1 heterocycles. The standard InChI is InChI=1S/C19H15ClN4O4/c1-11-6-2-5-9-15(11)24-18(27)13(16(25)22-19(24)28)10-21-23-17(26)12-7-3-4-8-14(12)20/h2-10,27H,1H3,(H,23,26)(H,22,25,28). The van der Waals surface area contributed by atoms with E-state index in [0.717, 1.165) is 10.8 Å². The van der Waals surface area contributed by atoms with Crippen LogP contribution in [0, 0.1) is 6.92 Å². The minimum Gasteiger partial charge on any atom is -0.493 e. The third kappa shape index (κ3) is 3.72. The van der Waals surface area contributed by atoms with Crippen LogP contribution in [-0.4, -0.2) is 26.8 Å². The van der Waals surface area contributed by atoms with Crippen LogP contribution >= 0.6 is 11.6 Å². The summed E-state index contributed by atoms with van der Waals surface area (Å²) in [5.74, 6) is -1.19. The Morgan fingerprint density at radius 3 is 2.57 bits per heavy atom. The van der Waals surface area contributed by atoms with Crippen molar-refractivity contribution >= 4 is 23.7 Å². The molecule has 0 aliphatic heterocycles. The maximum absolute atomic E-state index is 12.2. The first-order valence-electron chi connectivity index (χ1n) is 8.12. The van der Waals surface area contributed by atoms with Crippen LogP contribution in [0.2, 0.25) is 5.02 Å². The molecule has 0 saturated heterocycles. The fraction of sp³-hybridized carbons (Fsp3) is 0.0526. The van der Waals surface area contributed by atoms with Crippen molar-refractivity contribution in [3.8, 4) is 11.6 Å². The van der Waals surface area contributed by atoms with Crippen LogP contribution in [0.1, 0.15) is 21.5 Å². The maximum atomic E-state index is 12.2. The Morgan fingerprint density at radius 2 is 1.86 bits per heavy atom. The van der Waals surface area contributed by atoms with E-state index in [-0.39, 0.29) is 16.1 Å². The van der Waals surface area contributed by atoms with Crippen LogP contribution < -0.4 is 16.7 Å². The molecule has 2 aromatic carbocycles. The molecule has 0 spiro atoms. The molecular formula is C19H15ClN4O4. The van der Waals surface area contributed by atoms with E-state index in [0.29, 0.717) is 11.3 Å². The fourth-order valence-electron chi connectivity index (χ4n) is 2.55. The number of rotatable bonds is 4. The Balaban J connectivity index is 1.96. The molecule has 0 atom stereocenters. The second-order valence-corrected chi connectivity index (χ2v) is 6.20. The number of H-pyrrole nitrogens is 1. The number of benzene rings is 2. The Hall–Kier alpha value is -3.65. The van der Waals surface area contributed by atoms with Gasteiger partial charge in [-0.05, 0) is 30.7 Å². The second kappa shape index (κ2) is 7.93. The summed E-state index contributed by atoms with van der Waals surface area (Å²) in [6.07, 6.45) is 0.955. The number of nitrogens with one attached hydrogen (secondary N) is 2. The molecule has 1 aromatic heterocycles. The Morgan fingerprint density at radius 1 is 1.18 bits per heavy atom. The van der Waals surface area contributed by atoms with Gasteiger partial charge in [-0.15, -0.1) is 0 Å². The van der Waals surface area contributed by atoms with Gasteiger partial charge in [0, 0.05) is 0 Å². The van der Waals surface area contributed by atoms with E-state index in [9.17, 15) is 19.5 Å². The number of amides is 1. The van der Waals surface area contributed by atoms with E-state index in [4.69, 9.17) is 11.6 Å². The quantitative estimate of drug-likeness (QED) is 0.460. The lowest BCUT2D eigenvalue weighted by molar-refractivity contribution is 0.0955. The van der Waals surface area contributed by atoms with E-state index in [1.54, 1.807) is 49.4 Å². The molecule has 0 fully saturated rings. The number of nitrogens with zero attached hydrogens (tertiary/aromatic N) is 2. The highest BCUT2D eigenvalue weighted by Gasteiger charge is 2.15. The van der Waals surface area contributed by atoms with Gasteiger partial charge < -0.3 is 5.11 Å². The van der Waals surface area contributed by atoms with E-state index >= 15 is 0 Å². The van der Waals surface area contributed by atoms with Crippen LogP contribution in [0.3, 0.4) is 0 Å². The highest BCUT2D eigenvalue weighted by Crippen LogP contribution is 2.18. The van der Waals surface area contributed by atoms with Gasteiger partial charge in [0.25, 0.3) is 11.5 Å². The van der Waals surface area contributed by atoms with Crippen molar-refractivity contribution in [2.75, 3.05) is 0 Å². The normalized spacial score (nSPS) is 10.9. The first-order valence-corrected chi connectivity index (χ1v) is 8.50. The van der Waals surface area contributed by atoms with Crippen LogP contribution in [0.25, 0.3) is 5.69 Å². The molecule has 0 unspecified atom stereocenters. The van der Waals surface area contributed by atoms with Crippen molar-refractivity contribution in [1.82, 2.24) is 15.0 Å². The molecule has 28 heavy (non-hydrogen) atoms. The molecule has 142 valence electrons. The lowest BCUT2D eigenvalue weighted by Gasteiger charge is -2.11. The number of carbonyl (C=O) groups excluding carboxylic acids is 1. The summed E-state index contributed by atoms with van der Waals surface area (Å²) in [5, 5.41) is 14.4. The largest absolute Gasteiger partial charge is 0.493 e. The highest BCUT2D eigenvalue weighted by molar-refractivity contribution is 6.33. The van der Waals surface area contributed by atoms with Gasteiger partial charge in [0.1, 0.15) is 5.56 Å². The minimum absolute atomic E-state index is 0.198. The molecule has 9 heteroatoms. The zero-order valence-electron chi connectivity index (χ0n) is 14.6. The number of halogens is 1. The van der Waals surface area contributed by atoms with Crippen LogP contribution in [-0.2, 0) is 0 Å². The predicted octanol–water partition coefficient (Wildman–Crippen LogP) is 1.96. The first-order chi connectivity index (χ1) is 13.4. The molecule has 0 aliphatic carbocycles. The number of aromatic nitrogens is 2. The molecular weight excluding hydrogens is 384 g/mol. The van der Waals surface area contributed by atoms with E-state index < -0.39 is 23.0 Å². The molecule has 0 bridgehead atoms. The summed E-state index contributed by atoms with van der Waals surface area (Å²) < 4.78 is 0.952. The number of hydrogen-bond donors (Lipinski definition) is 3. The molecule has 3 N–H and O–H groups in total. The van der Waals surface area contributed by atoms with Crippen LogP contribution in [0.5, 0.6) is 5.88 Å². The summed E-state index contributed by atoms with van der Waals surface area (Å²) >= 11 is 5.94. The van der Waals surface area contributed by atoms with E-state index in [1.807, 2.05) is 0 Å². The smallest absolute Gasteiger partial charge is 0.335 e. The van der Waals surface area contributed by atoms with Gasteiger partial charge in [-0.25, -0.2) is 14.8 Å². The average Bonchev–Trinajstić information content (AvgIpc) is 2.66. The summed E-state index contributed by atoms with van der Waals surface area (Å²) in [5.41, 5.74) is 1.60. The second-order valence-electron chi connectivity index (χ2n) is 5.80. The third-order valence-electron chi connectivity index (χ3n) is 3.96. The maximum Gasteiger partial charge on any atom is 0.335 e. The van der Waals surface area contributed by atoms with Gasteiger partial charge in [-0.2, -0.15) is 5.10 Å². The van der Waals surface area contributed by atoms with Crippen LogP contribution in [0.15, 0.2) is 63.2 Å². The highest BCUT2D eigenvalue weighted by atomic mass is 35.5. The van der Waals surface area contributed by atoms with Gasteiger partial charge >= 0.3 is 5.69 Å². The first kappa shape index (κ1) is 19.1. The zero-order valence-corrected chi connectivity index (χ0v) is 15.4. The van der Waals surface area contributed by atoms with Crippen molar-refractivity contribution in [2.24, 2.45) is 5.10 Å². The van der Waals surface area contributed by atoms with Gasteiger partial charge in [0.05, 0.1) is 22.5 Å². The molecule has 0 aliphatic rings. The summed E-state index contributed by atoms with van der Waals surface area (Å²) in [6, 6.07) is 13.2. The summed E-state index contributed by atoms with van der Waals surface area (Å²) in [6.45, 7) is 1.75. The number of aromatic amines is 1. The summed E-state index contributed by atoms with van der Waals surface area (Å²) in [7, 11) is 0. The number of hydrogen-bond acceptors (Lipinski definition) is 5. The molecule has 3 rings (SSSR count). The number of aromatic hydroxyl groups is 1. The van der Waals surface area contributed by atoms with E-state index in [1.165, 1.54) is 6.07 Å². The lowest BCUT2D eigenvalue weighted by Crippen LogP contribution is -2.32. The fourth-order valence-corrected chi connectivity index (χ4v) is 2.78. The summed E-state index contributed by atoms with van der Waals surface area (Å²) in [4.78, 5) is 38.5. The Bertz CT molecular complexity index is 1200. The third-order valence-corrected chi connectivity index (χ3v) is 4.29. The SMILES string of the molecule is Cc1ccccc1-n1c(O)c(C=NNC(=O)c2ccccc2Cl)c(=O)[nH]c1=O. The lowest BCUT2D eigenvalue weighted by atomic mass is 10.2. The molecule has 0 saturated carbocycles. The number of hydrazone groups is 1. The van der Waals surface area contributed by atoms with Crippen molar-refractivity contribution in [2.45, 2.75) is 6.92 Å². The van der Waals surface area contributed by atoms with Crippen molar-refractivity contribution < 1.29 is 9.90 Å². The van der Waals surface area contributed by atoms with Crippen molar-refractivity contribution in [3.63, 3.8) is 0 Å². The molecule has 3 aromatic rings. The monoisotopic (exact) mass is 398 g/mol. The molecule has 8 nitrogen and oxygen atoms in total. The van der Waals surface area contributed by atoms with Crippen LogP contribution in [0.4, 0.5) is 0 Å². The van der Waals surface area contributed by atoms with Gasteiger partial charge in [-0.3, -0.25) is 14.6 Å². The molecule has 0 radical (unpaired) electrons. The average molecular weight is 399 g/mol. The number of carbonyl (C=O) groups is 1. The van der Waals surface area contributed by atoms with Crippen molar-refractivity contribution in [1.29, 1.82) is 0 Å². The predicted molar refractivity (Wildman–Crippen MR) is 106 cm³/mol. The van der Waals surface area contributed by atoms with Gasteiger partial charge in [0.15, 0.2) is 0 Å².